The Morgan fingerprint density at radius 2 is 1.74 bits per heavy atom. The predicted octanol–water partition coefficient (Wildman–Crippen LogP) is 4.25. The first-order valence-corrected chi connectivity index (χ1v) is 7.65. The second-order valence-corrected chi connectivity index (χ2v) is 6.54. The van der Waals surface area contributed by atoms with Crippen molar-refractivity contribution in [2.24, 2.45) is 0 Å². The van der Waals surface area contributed by atoms with Crippen LogP contribution in [0, 0.1) is 6.07 Å². The first-order valence-electron chi connectivity index (χ1n) is 5.03. The Kier molecular flexibility index (Phi) is 4.26. The van der Waals surface area contributed by atoms with Crippen molar-refractivity contribution in [2.75, 3.05) is 4.72 Å². The lowest BCUT2D eigenvalue weighted by Gasteiger charge is -2.08. The van der Waals surface area contributed by atoms with Crippen molar-refractivity contribution < 1.29 is 8.42 Å². The molecule has 0 bridgehead atoms. The fourth-order valence-electron chi connectivity index (χ4n) is 1.32. The largest absolute Gasteiger partial charge is 0.279 e. The summed E-state index contributed by atoms with van der Waals surface area (Å²) in [5.74, 6) is 0. The Morgan fingerprint density at radius 1 is 1.00 bits per heavy atom. The molecule has 2 aromatic carbocycles. The van der Waals surface area contributed by atoms with Gasteiger partial charge in [0.15, 0.2) is 0 Å². The molecule has 0 heterocycles. The lowest BCUT2D eigenvalue weighted by molar-refractivity contribution is 0.601. The highest BCUT2D eigenvalue weighted by Crippen LogP contribution is 2.26. The molecule has 0 aromatic heterocycles. The van der Waals surface area contributed by atoms with E-state index < -0.39 is 10.0 Å². The molecular formula is C12H7Cl3NO2S. The maximum Gasteiger partial charge on any atom is 0.261 e. The molecule has 0 atom stereocenters. The van der Waals surface area contributed by atoms with Gasteiger partial charge >= 0.3 is 0 Å². The van der Waals surface area contributed by atoms with E-state index in [0.717, 1.165) is 0 Å². The highest BCUT2D eigenvalue weighted by Gasteiger charge is 2.15. The SMILES string of the molecule is O=S(=O)(Nc1[c]cc(Cl)cc1)c1ccc(Cl)c(Cl)c1. The summed E-state index contributed by atoms with van der Waals surface area (Å²) in [6.45, 7) is 0. The van der Waals surface area contributed by atoms with Crippen LogP contribution in [0.25, 0.3) is 0 Å². The van der Waals surface area contributed by atoms with Gasteiger partial charge in [-0.2, -0.15) is 0 Å². The van der Waals surface area contributed by atoms with Gasteiger partial charge in [-0.1, -0.05) is 34.8 Å². The summed E-state index contributed by atoms with van der Waals surface area (Å²) in [6.07, 6.45) is 0. The zero-order valence-corrected chi connectivity index (χ0v) is 12.4. The van der Waals surface area contributed by atoms with Crippen molar-refractivity contribution in [3.63, 3.8) is 0 Å². The molecule has 0 aliphatic carbocycles. The van der Waals surface area contributed by atoms with Crippen LogP contribution in [0.3, 0.4) is 0 Å². The van der Waals surface area contributed by atoms with Crippen LogP contribution in [0.2, 0.25) is 15.1 Å². The van der Waals surface area contributed by atoms with Gasteiger partial charge < -0.3 is 0 Å². The number of halogens is 3. The number of benzene rings is 2. The van der Waals surface area contributed by atoms with E-state index in [2.05, 4.69) is 10.8 Å². The summed E-state index contributed by atoms with van der Waals surface area (Å²) in [4.78, 5) is 0.0188. The fraction of sp³-hybridized carbons (Fsp3) is 0. The molecule has 1 radical (unpaired) electrons. The molecule has 99 valence electrons. The minimum absolute atomic E-state index is 0.0188. The van der Waals surface area contributed by atoms with Crippen molar-refractivity contribution in [3.8, 4) is 0 Å². The number of nitrogens with one attached hydrogen (secondary N) is 1. The second kappa shape index (κ2) is 5.59. The number of hydrogen-bond acceptors (Lipinski definition) is 2. The van der Waals surface area contributed by atoms with Crippen molar-refractivity contribution in [1.29, 1.82) is 0 Å². The van der Waals surface area contributed by atoms with Gasteiger partial charge in [0, 0.05) is 11.1 Å². The van der Waals surface area contributed by atoms with E-state index in [1.165, 1.54) is 30.3 Å². The van der Waals surface area contributed by atoms with E-state index in [4.69, 9.17) is 34.8 Å². The Labute approximate surface area is 126 Å². The van der Waals surface area contributed by atoms with Crippen molar-refractivity contribution in [2.45, 2.75) is 4.90 Å². The van der Waals surface area contributed by atoms with Crippen LogP contribution in [0.4, 0.5) is 5.69 Å². The van der Waals surface area contributed by atoms with Gasteiger partial charge in [0.05, 0.1) is 20.6 Å². The Bertz CT molecular complexity index is 699. The summed E-state index contributed by atoms with van der Waals surface area (Å²) < 4.78 is 26.5. The smallest absolute Gasteiger partial charge is 0.261 e. The topological polar surface area (TPSA) is 46.2 Å². The third-order valence-corrected chi connectivity index (χ3v) is 4.56. The standard InChI is InChI=1S/C12H7Cl3NO2S/c13-8-1-3-9(4-2-8)16-19(17,18)10-5-6-11(14)12(15)7-10/h1-3,5-7,16H. The Hall–Kier alpha value is -0.940. The number of sulfonamides is 1. The maximum absolute atomic E-state index is 12.1. The summed E-state index contributed by atoms with van der Waals surface area (Å²) in [5, 5.41) is 0.931. The molecular weight excluding hydrogens is 329 g/mol. The monoisotopic (exact) mass is 334 g/mol. The zero-order chi connectivity index (χ0) is 14.0. The molecule has 0 saturated carbocycles. The van der Waals surface area contributed by atoms with E-state index in [0.29, 0.717) is 10.0 Å². The average Bonchev–Trinajstić information content (AvgIpc) is 2.35. The molecule has 0 aliphatic heterocycles. The summed E-state index contributed by atoms with van der Waals surface area (Å²) in [7, 11) is -3.73. The lowest BCUT2D eigenvalue weighted by Crippen LogP contribution is -2.12. The Balaban J connectivity index is 2.32. The third kappa shape index (κ3) is 3.54. The average molecular weight is 336 g/mol. The van der Waals surface area contributed by atoms with Crippen LogP contribution in [0.5, 0.6) is 0 Å². The third-order valence-electron chi connectivity index (χ3n) is 2.22. The van der Waals surface area contributed by atoms with E-state index in [1.54, 1.807) is 6.07 Å². The molecule has 3 nitrogen and oxygen atoms in total. The fourth-order valence-corrected chi connectivity index (χ4v) is 2.85. The molecule has 1 N–H and O–H groups in total. The number of anilines is 1. The van der Waals surface area contributed by atoms with Gasteiger partial charge in [-0.25, -0.2) is 8.42 Å². The summed E-state index contributed by atoms with van der Waals surface area (Å²) >= 11 is 17.2. The molecule has 7 heteroatoms. The second-order valence-electron chi connectivity index (χ2n) is 3.60. The van der Waals surface area contributed by atoms with E-state index >= 15 is 0 Å². The van der Waals surface area contributed by atoms with Crippen LogP contribution in [0.1, 0.15) is 0 Å². The van der Waals surface area contributed by atoms with Gasteiger partial charge in [0.2, 0.25) is 0 Å². The van der Waals surface area contributed by atoms with Gasteiger partial charge in [-0.3, -0.25) is 4.72 Å². The number of rotatable bonds is 3. The molecule has 0 fully saturated rings. The normalized spacial score (nSPS) is 11.3. The first kappa shape index (κ1) is 14.5. The highest BCUT2D eigenvalue weighted by molar-refractivity contribution is 7.92. The maximum atomic E-state index is 12.1. The predicted molar refractivity (Wildman–Crippen MR) is 77.6 cm³/mol. The van der Waals surface area contributed by atoms with Crippen LogP contribution >= 0.6 is 34.8 Å². The van der Waals surface area contributed by atoms with Crippen molar-refractivity contribution >= 4 is 50.5 Å². The minimum atomic E-state index is -3.73. The molecule has 0 spiro atoms. The van der Waals surface area contributed by atoms with E-state index in [-0.39, 0.29) is 15.6 Å². The van der Waals surface area contributed by atoms with E-state index in [1.807, 2.05) is 0 Å². The van der Waals surface area contributed by atoms with Crippen LogP contribution < -0.4 is 4.72 Å². The van der Waals surface area contributed by atoms with Crippen molar-refractivity contribution in [3.05, 3.63) is 57.5 Å². The molecule has 2 aromatic rings. The molecule has 19 heavy (non-hydrogen) atoms. The molecule has 0 unspecified atom stereocenters. The van der Waals surface area contributed by atoms with Crippen LogP contribution in [-0.2, 0) is 10.0 Å². The van der Waals surface area contributed by atoms with Crippen LogP contribution in [0.15, 0.2) is 41.3 Å². The summed E-state index contributed by atoms with van der Waals surface area (Å²) in [6, 6.07) is 11.3. The lowest BCUT2D eigenvalue weighted by atomic mass is 10.3. The highest BCUT2D eigenvalue weighted by atomic mass is 35.5. The molecule has 0 amide bonds. The van der Waals surface area contributed by atoms with Crippen molar-refractivity contribution in [1.82, 2.24) is 0 Å². The molecule has 0 saturated heterocycles. The van der Waals surface area contributed by atoms with Gasteiger partial charge in [0.1, 0.15) is 0 Å². The summed E-state index contributed by atoms with van der Waals surface area (Å²) in [5.41, 5.74) is 0.287. The zero-order valence-electron chi connectivity index (χ0n) is 9.32. The quantitative estimate of drug-likeness (QED) is 0.911. The molecule has 0 aliphatic rings. The number of hydrogen-bond donors (Lipinski definition) is 1. The first-order chi connectivity index (χ1) is 8.88. The van der Waals surface area contributed by atoms with Gasteiger partial charge in [-0.15, -0.1) is 0 Å². The van der Waals surface area contributed by atoms with Crippen LogP contribution in [-0.4, -0.2) is 8.42 Å². The molecule has 2 rings (SSSR count). The van der Waals surface area contributed by atoms with E-state index in [9.17, 15) is 8.42 Å². The van der Waals surface area contributed by atoms with Gasteiger partial charge in [0.25, 0.3) is 10.0 Å². The van der Waals surface area contributed by atoms with Gasteiger partial charge in [-0.05, 0) is 36.4 Å². The Morgan fingerprint density at radius 3 is 2.32 bits per heavy atom. The minimum Gasteiger partial charge on any atom is -0.279 e.